The van der Waals surface area contributed by atoms with Crippen molar-refractivity contribution >= 4 is 23.2 Å². The number of nitrogens with two attached hydrogens (primary N) is 2. The Morgan fingerprint density at radius 1 is 0.536 bits per heavy atom. The summed E-state index contributed by atoms with van der Waals surface area (Å²) < 4.78 is 24.7. The second-order valence-electron chi connectivity index (χ2n) is 12.9. The number of hydrogen-bond acceptors (Lipinski definition) is 10. The Morgan fingerprint density at radius 2 is 0.946 bits per heavy atom. The Kier molecular flexibility index (Phi) is 13.0. The van der Waals surface area contributed by atoms with E-state index >= 15 is 0 Å². The van der Waals surface area contributed by atoms with Gasteiger partial charge in [-0.1, -0.05) is 59.6 Å². The molecule has 0 aliphatic heterocycles. The van der Waals surface area contributed by atoms with Gasteiger partial charge in [0.15, 0.2) is 0 Å². The molecule has 0 fully saturated rings. The van der Waals surface area contributed by atoms with E-state index < -0.39 is 0 Å². The molecule has 282 valence electrons. The summed E-state index contributed by atoms with van der Waals surface area (Å²) in [5.41, 5.74) is 22.1. The molecule has 0 amide bonds. The summed E-state index contributed by atoms with van der Waals surface area (Å²) in [5, 5.41) is 19.3. The highest BCUT2D eigenvalue weighted by Crippen LogP contribution is 2.37. The van der Waals surface area contributed by atoms with E-state index in [1.165, 1.54) is 12.4 Å². The number of ether oxygens (including phenoxy) is 4. The van der Waals surface area contributed by atoms with Crippen molar-refractivity contribution in [2.75, 3.05) is 0 Å². The Morgan fingerprint density at radius 3 is 1.34 bits per heavy atom. The zero-order valence-electron chi connectivity index (χ0n) is 30.8. The van der Waals surface area contributed by atoms with Crippen LogP contribution in [0.2, 0.25) is 10.0 Å². The Labute approximate surface area is 335 Å². The molecule has 10 nitrogen and oxygen atoms in total. The van der Waals surface area contributed by atoms with Gasteiger partial charge in [-0.2, -0.15) is 10.5 Å². The molecule has 56 heavy (non-hydrogen) atoms. The fraction of sp³-hybridized carbons (Fsp3) is 0.182. The second-order valence-corrected chi connectivity index (χ2v) is 13.7. The fourth-order valence-electron chi connectivity index (χ4n) is 6.11. The van der Waals surface area contributed by atoms with Gasteiger partial charge in [-0.3, -0.25) is 9.97 Å². The van der Waals surface area contributed by atoms with E-state index in [0.717, 1.165) is 55.6 Å². The molecule has 0 aliphatic carbocycles. The minimum absolute atomic E-state index is 0.197. The first-order valence-corrected chi connectivity index (χ1v) is 18.4. The smallest absolute Gasteiger partial charge is 0.142 e. The average molecular weight is 786 g/mol. The van der Waals surface area contributed by atoms with Crippen molar-refractivity contribution in [3.05, 3.63) is 163 Å². The van der Waals surface area contributed by atoms with Crippen molar-refractivity contribution in [1.29, 1.82) is 10.5 Å². The highest BCUT2D eigenvalue weighted by Gasteiger charge is 2.16. The molecule has 0 atom stereocenters. The summed E-state index contributed by atoms with van der Waals surface area (Å²) in [7, 11) is 0. The highest BCUT2D eigenvalue weighted by molar-refractivity contribution is 6.32. The third-order valence-corrected chi connectivity index (χ3v) is 9.85. The van der Waals surface area contributed by atoms with E-state index in [2.05, 4.69) is 48.1 Å². The van der Waals surface area contributed by atoms with E-state index in [9.17, 15) is 10.5 Å². The fourth-order valence-corrected chi connectivity index (χ4v) is 6.59. The van der Waals surface area contributed by atoms with Crippen molar-refractivity contribution in [3.8, 4) is 46.3 Å². The third kappa shape index (κ3) is 9.38. The highest BCUT2D eigenvalue weighted by atomic mass is 35.5. The lowest BCUT2D eigenvalue weighted by Crippen LogP contribution is -2.06. The molecule has 2 heterocycles. The summed E-state index contributed by atoms with van der Waals surface area (Å²) in [4.78, 5) is 8.21. The molecule has 12 heteroatoms. The van der Waals surface area contributed by atoms with Crippen molar-refractivity contribution in [2.45, 2.75) is 53.4 Å². The number of hydrogen-bond donors (Lipinski definition) is 2. The molecule has 0 spiro atoms. The second kappa shape index (κ2) is 18.5. The van der Waals surface area contributed by atoms with E-state index in [1.807, 2.05) is 24.3 Å². The van der Waals surface area contributed by atoms with Crippen LogP contribution in [0.3, 0.4) is 0 Å². The lowest BCUT2D eigenvalue weighted by molar-refractivity contribution is 0.287. The topological polar surface area (TPSA) is 162 Å². The van der Waals surface area contributed by atoms with Crippen LogP contribution in [0.5, 0.6) is 23.0 Å². The van der Waals surface area contributed by atoms with Gasteiger partial charge in [0.2, 0.25) is 0 Å². The summed E-state index contributed by atoms with van der Waals surface area (Å²) in [6.07, 6.45) is 6.30. The van der Waals surface area contributed by atoms with Crippen LogP contribution in [0.25, 0.3) is 11.1 Å². The molecular weight excluding hydrogens is 747 g/mol. The number of halogens is 2. The van der Waals surface area contributed by atoms with E-state index in [4.69, 9.17) is 53.6 Å². The molecule has 6 rings (SSSR count). The van der Waals surface area contributed by atoms with Gasteiger partial charge in [-0.15, -0.1) is 0 Å². The van der Waals surface area contributed by atoms with E-state index in [-0.39, 0.29) is 39.5 Å². The molecule has 0 bridgehead atoms. The van der Waals surface area contributed by atoms with Gasteiger partial charge >= 0.3 is 0 Å². The van der Waals surface area contributed by atoms with Crippen LogP contribution in [-0.2, 0) is 39.5 Å². The predicted octanol–water partition coefficient (Wildman–Crippen LogP) is 9.04. The van der Waals surface area contributed by atoms with Crippen molar-refractivity contribution in [3.63, 3.8) is 0 Å². The number of aromatic nitrogens is 2. The lowest BCUT2D eigenvalue weighted by atomic mass is 9.92. The van der Waals surface area contributed by atoms with Gasteiger partial charge in [0.05, 0.1) is 21.2 Å². The number of nitriles is 2. The molecule has 0 saturated carbocycles. The maximum absolute atomic E-state index is 9.22. The number of benzene rings is 4. The average Bonchev–Trinajstić information content (AvgIpc) is 3.22. The Bertz CT molecular complexity index is 2290. The molecular formula is C44H38Cl2N6O4. The zero-order valence-corrected chi connectivity index (χ0v) is 32.3. The number of pyridine rings is 2. The van der Waals surface area contributed by atoms with Crippen LogP contribution >= 0.6 is 23.2 Å². The van der Waals surface area contributed by atoms with Crippen LogP contribution in [-0.4, -0.2) is 9.97 Å². The molecule has 0 radical (unpaired) electrons. The van der Waals surface area contributed by atoms with E-state index in [0.29, 0.717) is 44.2 Å². The molecule has 0 unspecified atom stereocenters. The van der Waals surface area contributed by atoms with Crippen LogP contribution in [0.15, 0.2) is 97.6 Å². The maximum Gasteiger partial charge on any atom is 0.142 e. The number of nitrogens with zero attached hydrogens (tertiary/aromatic N) is 4. The molecule has 0 aliphatic rings. The van der Waals surface area contributed by atoms with Gasteiger partial charge in [-0.25, -0.2) is 0 Å². The molecule has 0 saturated heterocycles. The Balaban J connectivity index is 1.16. The number of rotatable bonds is 15. The molecule has 4 aromatic carbocycles. The SMILES string of the molecule is Cc1c(COc2cc(OCc3cncc(C#N)c3)c(CN)cc2Cl)cccc1-c1cccc(COc2cc(OCc3cncc(C#N)c3)c(CN)cc2Cl)c1C. The van der Waals surface area contributed by atoms with Gasteiger partial charge in [-0.05, 0) is 71.5 Å². The zero-order chi connectivity index (χ0) is 39.6. The minimum atomic E-state index is 0.197. The summed E-state index contributed by atoms with van der Waals surface area (Å²) in [5.74, 6) is 1.99. The largest absolute Gasteiger partial charge is 0.488 e. The van der Waals surface area contributed by atoms with Crippen LogP contribution in [0.1, 0.15) is 55.6 Å². The lowest BCUT2D eigenvalue weighted by Gasteiger charge is -2.18. The third-order valence-electron chi connectivity index (χ3n) is 9.25. The van der Waals surface area contributed by atoms with Gasteiger partial charge in [0.1, 0.15) is 61.6 Å². The quantitative estimate of drug-likeness (QED) is 0.103. The minimum Gasteiger partial charge on any atom is -0.488 e. The maximum atomic E-state index is 9.22. The first-order chi connectivity index (χ1) is 27.2. The van der Waals surface area contributed by atoms with E-state index in [1.54, 1.807) is 48.8 Å². The predicted molar refractivity (Wildman–Crippen MR) is 215 cm³/mol. The normalized spacial score (nSPS) is 10.7. The standard InChI is InChI=1S/C44H38Cl2N6O4/c1-27-33(25-55-43-13-41(35(17-49)11-39(43)45)53-23-31-9-29(15-47)19-51-21-31)5-3-7-37(27)38-8-4-6-34(28(38)2)26-56-44-14-42(36(18-50)12-40(44)46)54-24-32-10-30(16-48)20-52-22-32/h3-14,19-22H,17-18,23-26,49-50H2,1-2H3. The summed E-state index contributed by atoms with van der Waals surface area (Å²) >= 11 is 13.3. The molecule has 2 aromatic heterocycles. The van der Waals surface area contributed by atoms with Crippen molar-refractivity contribution in [1.82, 2.24) is 9.97 Å². The van der Waals surface area contributed by atoms with Gasteiger partial charge < -0.3 is 30.4 Å². The molecule has 4 N–H and O–H groups in total. The van der Waals surface area contributed by atoms with Crippen LogP contribution in [0, 0.1) is 36.5 Å². The first kappa shape index (κ1) is 39.6. The monoisotopic (exact) mass is 784 g/mol. The summed E-state index contributed by atoms with van der Waals surface area (Å²) in [6, 6.07) is 26.9. The van der Waals surface area contributed by atoms with Gasteiger partial charge in [0.25, 0.3) is 0 Å². The van der Waals surface area contributed by atoms with Crippen molar-refractivity contribution in [2.24, 2.45) is 11.5 Å². The first-order valence-electron chi connectivity index (χ1n) is 17.6. The van der Waals surface area contributed by atoms with Crippen molar-refractivity contribution < 1.29 is 18.9 Å². The molecule has 6 aromatic rings. The Hall–Kier alpha value is -6.14. The van der Waals surface area contributed by atoms with Crippen LogP contribution < -0.4 is 30.4 Å². The van der Waals surface area contributed by atoms with Gasteiger partial charge in [0, 0.05) is 72.3 Å². The summed E-state index contributed by atoms with van der Waals surface area (Å²) in [6.45, 7) is 5.50. The van der Waals surface area contributed by atoms with Crippen LogP contribution in [0.4, 0.5) is 0 Å².